The van der Waals surface area contributed by atoms with Gasteiger partial charge in [-0.3, -0.25) is 0 Å². The highest BCUT2D eigenvalue weighted by Gasteiger charge is 2.39. The summed E-state index contributed by atoms with van der Waals surface area (Å²) in [5.41, 5.74) is 3.82. The van der Waals surface area contributed by atoms with Gasteiger partial charge in [0, 0.05) is 0 Å². The number of hydrogen-bond donors (Lipinski definition) is 0. The molecule has 0 fully saturated rings. The first-order chi connectivity index (χ1) is 8.46. The van der Waals surface area contributed by atoms with Crippen LogP contribution in [-0.4, -0.2) is 0 Å². The predicted octanol–water partition coefficient (Wildman–Crippen LogP) is 5.75. The van der Waals surface area contributed by atoms with Gasteiger partial charge in [0.25, 0.3) is 0 Å². The molecule has 2 bridgehead atoms. The van der Waals surface area contributed by atoms with E-state index in [2.05, 4.69) is 46.8 Å². The Morgan fingerprint density at radius 1 is 1.28 bits per heavy atom. The number of allylic oxidation sites excluding steroid dienone is 4. The molecule has 3 atom stereocenters. The van der Waals surface area contributed by atoms with Gasteiger partial charge in [-0.25, -0.2) is 0 Å². The van der Waals surface area contributed by atoms with Crippen LogP contribution in [-0.2, 0) is 0 Å². The topological polar surface area (TPSA) is 0 Å². The Morgan fingerprint density at radius 2 is 2.00 bits per heavy atom. The Hall–Kier alpha value is -0.520. The minimum Gasteiger partial charge on any atom is -0.0879 e. The van der Waals surface area contributed by atoms with Crippen molar-refractivity contribution in [3.63, 3.8) is 0 Å². The zero-order valence-electron chi connectivity index (χ0n) is 12.9. The molecule has 0 nitrogen and oxygen atoms in total. The van der Waals surface area contributed by atoms with Gasteiger partial charge in [-0.05, 0) is 62.2 Å². The molecule has 0 heteroatoms. The normalized spacial score (nSPS) is 35.9. The largest absolute Gasteiger partial charge is 0.0879 e. The van der Waals surface area contributed by atoms with Crippen LogP contribution in [0.1, 0.15) is 66.7 Å². The van der Waals surface area contributed by atoms with Gasteiger partial charge in [-0.15, -0.1) is 0 Å². The van der Waals surface area contributed by atoms with Crippen LogP contribution in [0.3, 0.4) is 0 Å². The van der Waals surface area contributed by atoms with E-state index in [1.165, 1.54) is 32.1 Å². The summed E-state index contributed by atoms with van der Waals surface area (Å²) < 4.78 is 0. The molecule has 0 radical (unpaired) electrons. The van der Waals surface area contributed by atoms with Gasteiger partial charge >= 0.3 is 0 Å². The molecule has 0 saturated heterocycles. The molecule has 0 aromatic heterocycles. The molecule has 0 amide bonds. The predicted molar refractivity (Wildman–Crippen MR) is 80.5 cm³/mol. The van der Waals surface area contributed by atoms with Gasteiger partial charge in [-0.2, -0.15) is 0 Å². The highest BCUT2D eigenvalue weighted by Crippen LogP contribution is 2.50. The van der Waals surface area contributed by atoms with Crippen LogP contribution in [0.15, 0.2) is 23.3 Å². The highest BCUT2D eigenvalue weighted by atomic mass is 14.4. The standard InChI is InChI=1S/C18H30/c1-6-17-14(3)18(4,5)16-11-13(2)9-7-8-10-15(17)12-16/h8,10,13,15-16H,6-7,9,11-12H2,1-5H3. The van der Waals surface area contributed by atoms with Gasteiger partial charge in [0.1, 0.15) is 0 Å². The van der Waals surface area contributed by atoms with Crippen molar-refractivity contribution in [2.75, 3.05) is 0 Å². The zero-order valence-corrected chi connectivity index (χ0v) is 12.9. The second-order valence-electron chi connectivity index (χ2n) is 7.11. The number of rotatable bonds is 1. The monoisotopic (exact) mass is 246 g/mol. The Balaban J connectivity index is 2.40. The third-order valence-electron chi connectivity index (χ3n) is 5.72. The summed E-state index contributed by atoms with van der Waals surface area (Å²) in [6.45, 7) is 12.1. The highest BCUT2D eigenvalue weighted by molar-refractivity contribution is 5.29. The second kappa shape index (κ2) is 5.23. The van der Waals surface area contributed by atoms with Crippen molar-refractivity contribution in [3.05, 3.63) is 23.3 Å². The molecule has 18 heavy (non-hydrogen) atoms. The SMILES string of the molecule is CCC1=C(C)C(C)(C)C2CC(C)CCC=CC1C2. The fraction of sp³-hybridized carbons (Fsp3) is 0.778. The lowest BCUT2D eigenvalue weighted by Gasteiger charge is -2.45. The minimum absolute atomic E-state index is 0.411. The molecule has 0 aromatic carbocycles. The molecule has 0 heterocycles. The summed E-state index contributed by atoms with van der Waals surface area (Å²) in [7, 11) is 0. The quantitative estimate of drug-likeness (QED) is 0.517. The number of fused-ring (bicyclic) bond motifs is 2. The first-order valence-corrected chi connectivity index (χ1v) is 7.83. The van der Waals surface area contributed by atoms with Crippen molar-refractivity contribution < 1.29 is 0 Å². The van der Waals surface area contributed by atoms with Crippen molar-refractivity contribution in [2.24, 2.45) is 23.2 Å². The Morgan fingerprint density at radius 3 is 2.67 bits per heavy atom. The van der Waals surface area contributed by atoms with Crippen molar-refractivity contribution in [1.29, 1.82) is 0 Å². The van der Waals surface area contributed by atoms with Gasteiger partial charge in [0.15, 0.2) is 0 Å². The fourth-order valence-corrected chi connectivity index (χ4v) is 4.10. The third kappa shape index (κ3) is 2.44. The first-order valence-electron chi connectivity index (χ1n) is 7.83. The van der Waals surface area contributed by atoms with Crippen molar-refractivity contribution in [2.45, 2.75) is 66.7 Å². The summed E-state index contributed by atoms with van der Waals surface area (Å²) in [6, 6.07) is 0. The Labute approximate surface area is 114 Å². The maximum Gasteiger partial charge on any atom is -0.00177 e. The van der Waals surface area contributed by atoms with E-state index in [-0.39, 0.29) is 0 Å². The smallest absolute Gasteiger partial charge is 0.00177 e. The summed E-state index contributed by atoms with van der Waals surface area (Å²) in [5.74, 6) is 2.49. The van der Waals surface area contributed by atoms with Crippen LogP contribution < -0.4 is 0 Å². The van der Waals surface area contributed by atoms with Gasteiger partial charge < -0.3 is 0 Å². The van der Waals surface area contributed by atoms with E-state index in [1.807, 2.05) is 0 Å². The summed E-state index contributed by atoms with van der Waals surface area (Å²) in [6.07, 6.45) is 11.6. The molecular weight excluding hydrogens is 216 g/mol. The molecule has 0 saturated carbocycles. The molecule has 102 valence electrons. The van der Waals surface area contributed by atoms with Gasteiger partial charge in [0.05, 0.1) is 0 Å². The average molecular weight is 246 g/mol. The molecule has 0 N–H and O–H groups in total. The summed E-state index contributed by atoms with van der Waals surface area (Å²) in [4.78, 5) is 0. The van der Waals surface area contributed by atoms with Crippen LogP contribution >= 0.6 is 0 Å². The Kier molecular flexibility index (Phi) is 4.04. The van der Waals surface area contributed by atoms with Crippen molar-refractivity contribution >= 4 is 0 Å². The average Bonchev–Trinajstić information content (AvgIpc) is 2.39. The van der Waals surface area contributed by atoms with E-state index in [4.69, 9.17) is 0 Å². The van der Waals surface area contributed by atoms with E-state index in [1.54, 1.807) is 11.1 Å². The summed E-state index contributed by atoms with van der Waals surface area (Å²) >= 11 is 0. The lowest BCUT2D eigenvalue weighted by molar-refractivity contribution is 0.172. The van der Waals surface area contributed by atoms with Crippen LogP contribution in [0.2, 0.25) is 0 Å². The van der Waals surface area contributed by atoms with Gasteiger partial charge in [-0.1, -0.05) is 51.0 Å². The summed E-state index contributed by atoms with van der Waals surface area (Å²) in [5, 5.41) is 0. The van der Waals surface area contributed by atoms with Crippen LogP contribution in [0.4, 0.5) is 0 Å². The molecular formula is C18H30. The number of hydrogen-bond acceptors (Lipinski definition) is 0. The third-order valence-corrected chi connectivity index (χ3v) is 5.72. The van der Waals surface area contributed by atoms with E-state index < -0.39 is 0 Å². The van der Waals surface area contributed by atoms with Crippen LogP contribution in [0.5, 0.6) is 0 Å². The van der Waals surface area contributed by atoms with E-state index in [0.717, 1.165) is 17.8 Å². The molecule has 2 aliphatic carbocycles. The molecule has 3 unspecified atom stereocenters. The molecule has 0 spiro atoms. The molecule has 2 aliphatic rings. The first kappa shape index (κ1) is 13.9. The lowest BCUT2D eigenvalue weighted by Crippen LogP contribution is -2.34. The lowest BCUT2D eigenvalue weighted by atomic mass is 9.60. The van der Waals surface area contributed by atoms with Crippen LogP contribution in [0, 0.1) is 23.2 Å². The fourth-order valence-electron chi connectivity index (χ4n) is 4.10. The van der Waals surface area contributed by atoms with E-state index >= 15 is 0 Å². The maximum atomic E-state index is 2.52. The van der Waals surface area contributed by atoms with E-state index in [0.29, 0.717) is 5.41 Å². The van der Waals surface area contributed by atoms with Gasteiger partial charge in [0.2, 0.25) is 0 Å². The maximum absolute atomic E-state index is 2.52. The molecule has 0 aliphatic heterocycles. The second-order valence-corrected chi connectivity index (χ2v) is 7.11. The van der Waals surface area contributed by atoms with E-state index in [9.17, 15) is 0 Å². The van der Waals surface area contributed by atoms with Crippen molar-refractivity contribution in [3.8, 4) is 0 Å². The van der Waals surface area contributed by atoms with Crippen LogP contribution in [0.25, 0.3) is 0 Å². The molecule has 2 rings (SSSR count). The Bertz CT molecular complexity index is 356. The minimum atomic E-state index is 0.411. The zero-order chi connectivity index (χ0) is 13.3. The molecule has 0 aromatic rings. The van der Waals surface area contributed by atoms with Crippen molar-refractivity contribution in [1.82, 2.24) is 0 Å².